The molecular formula is C16H13N5O2. The molecule has 7 nitrogen and oxygen atoms in total. The van der Waals surface area contributed by atoms with Crippen molar-refractivity contribution in [3.63, 3.8) is 0 Å². The lowest BCUT2D eigenvalue weighted by Gasteiger charge is -2.11. The van der Waals surface area contributed by atoms with Crippen LogP contribution >= 0.6 is 0 Å². The van der Waals surface area contributed by atoms with Crippen LogP contribution in [0.3, 0.4) is 0 Å². The van der Waals surface area contributed by atoms with E-state index in [1.807, 2.05) is 30.3 Å². The Labute approximate surface area is 131 Å². The zero-order valence-electron chi connectivity index (χ0n) is 12.0. The number of aromatic nitrogens is 3. The van der Waals surface area contributed by atoms with Gasteiger partial charge in [0.25, 0.3) is 5.91 Å². The normalized spacial score (nSPS) is 10.4. The average Bonchev–Trinajstić information content (AvgIpc) is 2.56. The van der Waals surface area contributed by atoms with Crippen LogP contribution in [0.5, 0.6) is 0 Å². The van der Waals surface area contributed by atoms with Gasteiger partial charge in [-0.2, -0.15) is 0 Å². The Morgan fingerprint density at radius 3 is 2.26 bits per heavy atom. The monoisotopic (exact) mass is 307 g/mol. The minimum absolute atomic E-state index is 0.0375. The van der Waals surface area contributed by atoms with Crippen molar-refractivity contribution in [2.45, 2.75) is 0 Å². The van der Waals surface area contributed by atoms with E-state index in [4.69, 9.17) is 11.5 Å². The fourth-order valence-corrected chi connectivity index (χ4v) is 2.19. The number of carbonyl (C=O) groups is 1. The summed E-state index contributed by atoms with van der Waals surface area (Å²) >= 11 is 0. The highest BCUT2D eigenvalue weighted by Gasteiger charge is 2.18. The third kappa shape index (κ3) is 2.80. The van der Waals surface area contributed by atoms with Gasteiger partial charge in [-0.3, -0.25) is 9.59 Å². The molecule has 5 N–H and O–H groups in total. The predicted octanol–water partition coefficient (Wildman–Crippen LogP) is 1.18. The SMILES string of the molecule is NC(=O)c1nc(-c2ccc(=O)[nH]c2)c(-c2ccccc2)nc1N. The number of benzene rings is 1. The van der Waals surface area contributed by atoms with Crippen molar-refractivity contribution >= 4 is 11.7 Å². The van der Waals surface area contributed by atoms with Gasteiger partial charge in [0.1, 0.15) is 0 Å². The quantitative estimate of drug-likeness (QED) is 0.669. The number of aromatic amines is 1. The molecule has 0 radical (unpaired) electrons. The molecule has 0 spiro atoms. The van der Waals surface area contributed by atoms with E-state index in [0.29, 0.717) is 17.0 Å². The van der Waals surface area contributed by atoms with E-state index in [0.717, 1.165) is 5.56 Å². The molecule has 0 unspecified atom stereocenters. The summed E-state index contributed by atoms with van der Waals surface area (Å²) in [7, 11) is 0. The maximum Gasteiger partial charge on any atom is 0.271 e. The van der Waals surface area contributed by atoms with E-state index in [2.05, 4.69) is 15.0 Å². The number of H-pyrrole nitrogens is 1. The Morgan fingerprint density at radius 1 is 0.957 bits per heavy atom. The first-order valence-electron chi connectivity index (χ1n) is 6.78. The van der Waals surface area contributed by atoms with Crippen LogP contribution in [0.1, 0.15) is 10.5 Å². The first-order valence-corrected chi connectivity index (χ1v) is 6.78. The van der Waals surface area contributed by atoms with Gasteiger partial charge in [0, 0.05) is 23.4 Å². The number of nitrogens with one attached hydrogen (secondary N) is 1. The van der Waals surface area contributed by atoms with Crippen LogP contribution in [0.4, 0.5) is 5.82 Å². The van der Waals surface area contributed by atoms with Gasteiger partial charge in [-0.1, -0.05) is 30.3 Å². The van der Waals surface area contributed by atoms with Crippen molar-refractivity contribution in [1.29, 1.82) is 0 Å². The Morgan fingerprint density at radius 2 is 1.65 bits per heavy atom. The number of pyridine rings is 1. The fourth-order valence-electron chi connectivity index (χ4n) is 2.19. The predicted molar refractivity (Wildman–Crippen MR) is 86.5 cm³/mol. The number of nitrogens with two attached hydrogens (primary N) is 2. The summed E-state index contributed by atoms with van der Waals surface area (Å²) in [6, 6.07) is 12.2. The lowest BCUT2D eigenvalue weighted by molar-refractivity contribution is 0.0996. The number of primary amides is 1. The van der Waals surface area contributed by atoms with Gasteiger partial charge in [-0.15, -0.1) is 0 Å². The smallest absolute Gasteiger partial charge is 0.271 e. The zero-order valence-corrected chi connectivity index (χ0v) is 12.0. The topological polar surface area (TPSA) is 128 Å². The van der Waals surface area contributed by atoms with Crippen LogP contribution in [-0.4, -0.2) is 20.9 Å². The molecule has 3 aromatic rings. The third-order valence-electron chi connectivity index (χ3n) is 3.26. The Balaban J connectivity index is 2.30. The summed E-state index contributed by atoms with van der Waals surface area (Å²) in [4.78, 5) is 33.9. The molecule has 0 saturated heterocycles. The van der Waals surface area contributed by atoms with Crippen molar-refractivity contribution < 1.29 is 4.79 Å². The summed E-state index contributed by atoms with van der Waals surface area (Å²) in [5.74, 6) is -0.801. The van der Waals surface area contributed by atoms with Crippen LogP contribution in [0.25, 0.3) is 22.5 Å². The van der Waals surface area contributed by atoms with Crippen LogP contribution in [0, 0.1) is 0 Å². The maximum atomic E-state index is 11.5. The molecule has 0 bridgehead atoms. The number of anilines is 1. The molecule has 0 aliphatic rings. The summed E-state index contributed by atoms with van der Waals surface area (Å²) in [5, 5.41) is 0. The molecule has 3 rings (SSSR count). The number of hydrogen-bond donors (Lipinski definition) is 3. The number of nitrogens with zero attached hydrogens (tertiary/aromatic N) is 2. The van der Waals surface area contributed by atoms with E-state index < -0.39 is 5.91 Å². The molecule has 0 atom stereocenters. The zero-order chi connectivity index (χ0) is 16.4. The molecule has 7 heteroatoms. The van der Waals surface area contributed by atoms with Gasteiger partial charge in [0.2, 0.25) is 5.56 Å². The molecule has 23 heavy (non-hydrogen) atoms. The lowest BCUT2D eigenvalue weighted by Crippen LogP contribution is -2.18. The van der Waals surface area contributed by atoms with Gasteiger partial charge < -0.3 is 16.5 Å². The lowest BCUT2D eigenvalue weighted by atomic mass is 10.0. The second-order valence-electron chi connectivity index (χ2n) is 4.83. The second kappa shape index (κ2) is 5.72. The minimum atomic E-state index is -0.764. The molecule has 114 valence electrons. The van der Waals surface area contributed by atoms with Crippen LogP contribution in [0.15, 0.2) is 53.5 Å². The summed E-state index contributed by atoms with van der Waals surface area (Å²) in [6.45, 7) is 0. The second-order valence-corrected chi connectivity index (χ2v) is 4.83. The van der Waals surface area contributed by atoms with Gasteiger partial charge in [0.05, 0.1) is 11.4 Å². The number of amides is 1. The number of rotatable bonds is 3. The molecule has 1 aromatic carbocycles. The molecule has 1 amide bonds. The van der Waals surface area contributed by atoms with Gasteiger partial charge >= 0.3 is 0 Å². The number of hydrogen-bond acceptors (Lipinski definition) is 5. The molecule has 0 aliphatic carbocycles. The van der Waals surface area contributed by atoms with Crippen LogP contribution < -0.4 is 17.0 Å². The van der Waals surface area contributed by atoms with E-state index in [9.17, 15) is 9.59 Å². The summed E-state index contributed by atoms with van der Waals surface area (Å²) in [6.07, 6.45) is 1.50. The Bertz CT molecular complexity index is 914. The van der Waals surface area contributed by atoms with Crippen molar-refractivity contribution in [3.05, 3.63) is 64.7 Å². The van der Waals surface area contributed by atoms with Crippen molar-refractivity contribution in [1.82, 2.24) is 15.0 Å². The van der Waals surface area contributed by atoms with Gasteiger partial charge in [-0.05, 0) is 6.07 Å². The molecule has 2 heterocycles. The van der Waals surface area contributed by atoms with Crippen molar-refractivity contribution in [2.24, 2.45) is 5.73 Å². The van der Waals surface area contributed by atoms with Gasteiger partial charge in [0.15, 0.2) is 11.5 Å². The van der Waals surface area contributed by atoms with Crippen molar-refractivity contribution in [3.8, 4) is 22.5 Å². The van der Waals surface area contributed by atoms with E-state index in [1.54, 1.807) is 6.07 Å². The number of carbonyl (C=O) groups excluding carboxylic acids is 1. The number of nitrogen functional groups attached to an aromatic ring is 1. The first kappa shape index (κ1) is 14.5. The maximum absolute atomic E-state index is 11.5. The molecule has 0 aliphatic heterocycles. The first-order chi connectivity index (χ1) is 11.1. The minimum Gasteiger partial charge on any atom is -0.382 e. The largest absolute Gasteiger partial charge is 0.382 e. The van der Waals surface area contributed by atoms with Crippen LogP contribution in [0.2, 0.25) is 0 Å². The Hall–Kier alpha value is -3.48. The molecular weight excluding hydrogens is 294 g/mol. The van der Waals surface area contributed by atoms with Gasteiger partial charge in [-0.25, -0.2) is 9.97 Å². The standard InChI is InChI=1S/C16H13N5O2/c17-15-14(16(18)23)20-13(10-6-7-11(22)19-8-10)12(21-15)9-4-2-1-3-5-9/h1-8H,(H2,17,21)(H2,18,23)(H,19,22). The summed E-state index contributed by atoms with van der Waals surface area (Å²) in [5.41, 5.74) is 13.0. The Kier molecular flexibility index (Phi) is 3.60. The fraction of sp³-hybridized carbons (Fsp3) is 0. The highest BCUT2D eigenvalue weighted by molar-refractivity contribution is 5.96. The van der Waals surface area contributed by atoms with Crippen molar-refractivity contribution in [2.75, 3.05) is 5.73 Å². The third-order valence-corrected chi connectivity index (χ3v) is 3.26. The average molecular weight is 307 g/mol. The van der Waals surface area contributed by atoms with E-state index >= 15 is 0 Å². The molecule has 2 aromatic heterocycles. The summed E-state index contributed by atoms with van der Waals surface area (Å²) < 4.78 is 0. The highest BCUT2D eigenvalue weighted by atomic mass is 16.1. The highest BCUT2D eigenvalue weighted by Crippen LogP contribution is 2.29. The van der Waals surface area contributed by atoms with Crippen LogP contribution in [-0.2, 0) is 0 Å². The van der Waals surface area contributed by atoms with E-state index in [-0.39, 0.29) is 17.1 Å². The molecule has 0 fully saturated rings. The van der Waals surface area contributed by atoms with E-state index in [1.165, 1.54) is 12.3 Å². The molecule has 0 saturated carbocycles.